The Kier molecular flexibility index (Phi) is 4.63. The number of hydrogen-bond donors (Lipinski definition) is 0. The summed E-state index contributed by atoms with van der Waals surface area (Å²) in [5.41, 5.74) is 3.63. The van der Waals surface area contributed by atoms with E-state index in [0.717, 1.165) is 17.4 Å². The average Bonchev–Trinajstić information content (AvgIpc) is 2.74. The summed E-state index contributed by atoms with van der Waals surface area (Å²) in [5.74, 6) is -0.770. The van der Waals surface area contributed by atoms with Crippen LogP contribution in [0.25, 0.3) is 33.0 Å². The Balaban J connectivity index is 1.76. The van der Waals surface area contributed by atoms with Crippen LogP contribution in [0.5, 0.6) is 0 Å². The van der Waals surface area contributed by atoms with Crippen LogP contribution < -0.4 is 0 Å². The van der Waals surface area contributed by atoms with Crippen molar-refractivity contribution in [3.05, 3.63) is 95.6 Å². The van der Waals surface area contributed by atoms with Crippen molar-refractivity contribution in [2.75, 3.05) is 0 Å². The third kappa shape index (κ3) is 3.14. The van der Waals surface area contributed by atoms with E-state index in [4.69, 9.17) is 5.26 Å². The largest absolute Gasteiger partial charge is 0.206 e. The average molecular weight is 369 g/mol. The monoisotopic (exact) mass is 369 g/mol. The van der Waals surface area contributed by atoms with E-state index in [0.29, 0.717) is 33.2 Å². The van der Waals surface area contributed by atoms with Gasteiger partial charge in [0.2, 0.25) is 0 Å². The Morgan fingerprint density at radius 1 is 0.786 bits per heavy atom. The fraction of sp³-hybridized carbons (Fsp3) is 0.0800. The molecule has 1 nitrogen and oxygen atoms in total. The van der Waals surface area contributed by atoms with Crippen LogP contribution in [0.2, 0.25) is 0 Å². The summed E-state index contributed by atoms with van der Waals surface area (Å²) in [7, 11) is 0. The normalized spacial score (nSPS) is 10.8. The van der Waals surface area contributed by atoms with Crippen LogP contribution in [0.3, 0.4) is 0 Å². The van der Waals surface area contributed by atoms with E-state index >= 15 is 4.39 Å². The Morgan fingerprint density at radius 3 is 2.18 bits per heavy atom. The van der Waals surface area contributed by atoms with Gasteiger partial charge in [-0.05, 0) is 46.7 Å². The van der Waals surface area contributed by atoms with E-state index in [-0.39, 0.29) is 5.82 Å². The van der Waals surface area contributed by atoms with Crippen molar-refractivity contribution in [2.24, 2.45) is 0 Å². The van der Waals surface area contributed by atoms with Crippen molar-refractivity contribution in [1.82, 2.24) is 0 Å². The Hall–Kier alpha value is -3.51. The van der Waals surface area contributed by atoms with Crippen LogP contribution in [-0.4, -0.2) is 0 Å². The molecule has 0 saturated heterocycles. The third-order valence-corrected chi connectivity index (χ3v) is 5.03. The molecule has 136 valence electrons. The molecule has 0 aliphatic carbocycles. The molecule has 0 spiro atoms. The molecule has 0 heterocycles. The molecule has 0 radical (unpaired) electrons. The maximum atomic E-state index is 15.1. The lowest BCUT2D eigenvalue weighted by molar-refractivity contribution is 0.630. The van der Waals surface area contributed by atoms with Crippen molar-refractivity contribution in [2.45, 2.75) is 13.3 Å². The van der Waals surface area contributed by atoms with E-state index < -0.39 is 5.82 Å². The maximum absolute atomic E-state index is 15.1. The quantitative estimate of drug-likeness (QED) is 0.386. The number of nitrogens with zero attached hydrogens (tertiary/aromatic N) is 1. The topological polar surface area (TPSA) is 23.8 Å². The molecule has 3 heteroatoms. The summed E-state index contributed by atoms with van der Waals surface area (Å²) in [6.45, 7) is 2.06. The number of nitriles is 1. The SMILES string of the molecule is CCc1ccc2c(F)c(-c3ccc(-c4ccc(C#N)cc4)c(F)c3)ccc2c1. The lowest BCUT2D eigenvalue weighted by atomic mass is 9.96. The first kappa shape index (κ1) is 17.9. The number of hydrogen-bond acceptors (Lipinski definition) is 1. The molecule has 0 aliphatic rings. The zero-order chi connectivity index (χ0) is 19.7. The number of halogens is 2. The second kappa shape index (κ2) is 7.25. The second-order valence-corrected chi connectivity index (χ2v) is 6.72. The van der Waals surface area contributed by atoms with Crippen LogP contribution in [0.15, 0.2) is 72.8 Å². The Labute approximate surface area is 162 Å². The van der Waals surface area contributed by atoms with Gasteiger partial charge in [-0.1, -0.05) is 61.5 Å². The van der Waals surface area contributed by atoms with E-state index in [1.807, 2.05) is 24.3 Å². The molecule has 0 amide bonds. The molecule has 4 aromatic rings. The second-order valence-electron chi connectivity index (χ2n) is 6.72. The van der Waals surface area contributed by atoms with Crippen molar-refractivity contribution in [3.63, 3.8) is 0 Å². The summed E-state index contributed by atoms with van der Waals surface area (Å²) in [6.07, 6.45) is 0.890. The lowest BCUT2D eigenvalue weighted by Gasteiger charge is -2.10. The van der Waals surface area contributed by atoms with Gasteiger partial charge in [-0.2, -0.15) is 5.26 Å². The standard InChI is InChI=1S/C25H17F2N/c1-2-16-5-10-22-19(13-16)9-12-23(25(22)27)20-8-11-21(24(26)14-20)18-6-3-17(15-28)4-7-18/h3-14H,2H2,1H3. The Morgan fingerprint density at radius 2 is 1.50 bits per heavy atom. The molecule has 0 aromatic heterocycles. The molecule has 0 bridgehead atoms. The molecule has 0 unspecified atom stereocenters. The lowest BCUT2D eigenvalue weighted by Crippen LogP contribution is -1.91. The van der Waals surface area contributed by atoms with Crippen molar-refractivity contribution < 1.29 is 8.78 Å². The van der Waals surface area contributed by atoms with Crippen LogP contribution >= 0.6 is 0 Å². The highest BCUT2D eigenvalue weighted by Crippen LogP contribution is 2.32. The molecule has 4 aromatic carbocycles. The molecule has 0 fully saturated rings. The Bertz CT molecular complexity index is 1220. The van der Waals surface area contributed by atoms with Gasteiger partial charge in [0.25, 0.3) is 0 Å². The van der Waals surface area contributed by atoms with Crippen LogP contribution in [0.4, 0.5) is 8.78 Å². The fourth-order valence-corrected chi connectivity index (χ4v) is 3.43. The molecule has 4 rings (SSSR count). The summed E-state index contributed by atoms with van der Waals surface area (Å²) in [5, 5.41) is 10.3. The fourth-order valence-electron chi connectivity index (χ4n) is 3.43. The van der Waals surface area contributed by atoms with Gasteiger partial charge in [0.05, 0.1) is 11.6 Å². The first-order chi connectivity index (χ1) is 13.6. The molecule has 0 atom stereocenters. The minimum atomic E-state index is -0.428. The maximum Gasteiger partial charge on any atom is 0.138 e. The highest BCUT2D eigenvalue weighted by atomic mass is 19.1. The zero-order valence-corrected chi connectivity index (χ0v) is 15.3. The van der Waals surface area contributed by atoms with Gasteiger partial charge in [0.15, 0.2) is 0 Å². The van der Waals surface area contributed by atoms with Crippen LogP contribution in [-0.2, 0) is 6.42 Å². The highest BCUT2D eigenvalue weighted by molar-refractivity contribution is 5.89. The van der Waals surface area contributed by atoms with Crippen molar-refractivity contribution in [1.29, 1.82) is 5.26 Å². The number of benzene rings is 4. The summed E-state index contributed by atoms with van der Waals surface area (Å²) in [4.78, 5) is 0. The van der Waals surface area contributed by atoms with Crippen LogP contribution in [0, 0.1) is 23.0 Å². The molecule has 0 saturated carbocycles. The van der Waals surface area contributed by atoms with Gasteiger partial charge in [-0.25, -0.2) is 8.78 Å². The smallest absolute Gasteiger partial charge is 0.138 e. The van der Waals surface area contributed by atoms with Crippen LogP contribution in [0.1, 0.15) is 18.1 Å². The third-order valence-electron chi connectivity index (χ3n) is 5.03. The van der Waals surface area contributed by atoms with E-state index in [2.05, 4.69) is 6.92 Å². The number of aryl methyl sites for hydroxylation is 1. The van der Waals surface area contributed by atoms with Gasteiger partial charge >= 0.3 is 0 Å². The van der Waals surface area contributed by atoms with E-state index in [1.54, 1.807) is 48.5 Å². The molecular formula is C25H17F2N. The summed E-state index contributed by atoms with van der Waals surface area (Å²) < 4.78 is 29.8. The van der Waals surface area contributed by atoms with Crippen molar-refractivity contribution in [3.8, 4) is 28.3 Å². The van der Waals surface area contributed by atoms with Gasteiger partial charge in [-0.15, -0.1) is 0 Å². The van der Waals surface area contributed by atoms with Crippen molar-refractivity contribution >= 4 is 10.8 Å². The summed E-state index contributed by atoms with van der Waals surface area (Å²) >= 11 is 0. The number of fused-ring (bicyclic) bond motifs is 1. The zero-order valence-electron chi connectivity index (χ0n) is 15.3. The van der Waals surface area contributed by atoms with Gasteiger partial charge < -0.3 is 0 Å². The molecule has 0 N–H and O–H groups in total. The molecular weight excluding hydrogens is 352 g/mol. The van der Waals surface area contributed by atoms with Gasteiger partial charge in [0, 0.05) is 16.5 Å². The predicted molar refractivity (Wildman–Crippen MR) is 109 cm³/mol. The van der Waals surface area contributed by atoms with E-state index in [9.17, 15) is 4.39 Å². The van der Waals surface area contributed by atoms with Gasteiger partial charge in [0.1, 0.15) is 11.6 Å². The summed E-state index contributed by atoms with van der Waals surface area (Å²) in [6, 6.07) is 22.8. The first-order valence-corrected chi connectivity index (χ1v) is 9.12. The minimum absolute atomic E-state index is 0.342. The molecule has 0 aliphatic heterocycles. The first-order valence-electron chi connectivity index (χ1n) is 9.12. The van der Waals surface area contributed by atoms with E-state index in [1.165, 1.54) is 6.07 Å². The predicted octanol–water partition coefficient (Wildman–Crippen LogP) is 6.89. The minimum Gasteiger partial charge on any atom is -0.206 e. The van der Waals surface area contributed by atoms with Gasteiger partial charge in [-0.3, -0.25) is 0 Å². The highest BCUT2D eigenvalue weighted by Gasteiger charge is 2.13. The molecule has 28 heavy (non-hydrogen) atoms. The number of rotatable bonds is 3.